The van der Waals surface area contributed by atoms with Crippen LogP contribution in [0.3, 0.4) is 0 Å². The Morgan fingerprint density at radius 1 is 0.250 bits per heavy atom. The van der Waals surface area contributed by atoms with Gasteiger partial charge in [-0.15, -0.1) is 0 Å². The molecule has 0 aliphatic heterocycles. The quantitative estimate of drug-likeness (QED) is 0.106. The zero-order valence-corrected chi connectivity index (χ0v) is 74.3. The van der Waals surface area contributed by atoms with E-state index in [0.717, 1.165) is 135 Å². The summed E-state index contributed by atoms with van der Waals surface area (Å²) in [6.45, 7) is 18.5. The molecule has 2 unspecified atom stereocenters. The van der Waals surface area contributed by atoms with E-state index in [0.29, 0.717) is 63.8 Å². The van der Waals surface area contributed by atoms with Crippen molar-refractivity contribution < 1.29 is 13.3 Å². The van der Waals surface area contributed by atoms with Crippen LogP contribution >= 0.6 is 0 Å². The highest BCUT2D eigenvalue weighted by molar-refractivity contribution is 6.15. The average molecular weight is 1710 g/mol. The van der Waals surface area contributed by atoms with Crippen LogP contribution in [0.4, 0.5) is 0 Å². The van der Waals surface area contributed by atoms with Gasteiger partial charge in [0.15, 0.2) is 52.4 Å². The molecule has 132 heavy (non-hydrogen) atoms. The van der Waals surface area contributed by atoms with Crippen LogP contribution in [-0.4, -0.2) is 54.8 Å². The molecular weight excluding hydrogens is 1620 g/mol. The largest absolute Gasteiger partial charge is 0.456 e. The first-order valence-corrected chi connectivity index (χ1v) is 45.4. The number of fused-ring (bicyclic) bond motifs is 20. The third-order valence-corrected chi connectivity index (χ3v) is 28.0. The van der Waals surface area contributed by atoms with Crippen LogP contribution < -0.4 is 0 Å². The van der Waals surface area contributed by atoms with Gasteiger partial charge < -0.3 is 13.3 Å². The van der Waals surface area contributed by atoms with Crippen molar-refractivity contribution in [3.05, 3.63) is 392 Å². The predicted molar refractivity (Wildman–Crippen MR) is 532 cm³/mol. The van der Waals surface area contributed by atoms with Gasteiger partial charge in [-0.05, 0) is 170 Å². The summed E-state index contributed by atoms with van der Waals surface area (Å²) in [4.78, 5) is 53.6. The molecule has 0 amide bonds. The third-order valence-electron chi connectivity index (χ3n) is 28.0. The summed E-state index contributed by atoms with van der Waals surface area (Å²) in [5, 5.41) is 6.49. The van der Waals surface area contributed by atoms with Gasteiger partial charge in [-0.3, -0.25) is 9.97 Å². The molecule has 22 aromatic rings. The van der Waals surface area contributed by atoms with Crippen molar-refractivity contribution in [3.8, 4) is 147 Å². The molecule has 634 valence electrons. The molecule has 0 saturated carbocycles. The lowest BCUT2D eigenvalue weighted by Crippen LogP contribution is -2.36. The van der Waals surface area contributed by atoms with E-state index in [4.69, 9.17) is 58.1 Å². The van der Waals surface area contributed by atoms with Gasteiger partial charge >= 0.3 is 0 Å². The fourth-order valence-corrected chi connectivity index (χ4v) is 20.7. The van der Waals surface area contributed by atoms with Gasteiger partial charge in [-0.25, -0.2) is 44.9 Å². The molecule has 0 bridgehead atoms. The van der Waals surface area contributed by atoms with Gasteiger partial charge in [0.25, 0.3) is 0 Å². The molecule has 3 aliphatic rings. The number of hydrogen-bond acceptors (Lipinski definition) is 14. The van der Waals surface area contributed by atoms with E-state index in [1.165, 1.54) is 66.8 Å². The molecule has 8 heterocycles. The SMILES string of the molecule is CC(C)(C)C1(C)c2ccccc2-c2ccc3c(oc4cc(-c5nc(-c6ccccc6)nc(-c6ccccc6)n5)ccc43)c21.CCC1(C)c2ccccc2-c2ccc3c(oc4cc(-c5nc(-c6ccccc6)nc(-c6ccccc6-c6ccccc6)n5)ccc43)c21.CCC1(CC)c2ccccc2-c2cc3c(cc21)oc1cccc(-c2nc(-c4ccccn4)nc(-c4ccccn4)n2)c13. The number of nitrogens with zero attached hydrogens (tertiary/aromatic N) is 11. The molecule has 14 aromatic carbocycles. The minimum atomic E-state index is -0.210. The molecule has 0 N–H and O–H groups in total. The van der Waals surface area contributed by atoms with E-state index in [9.17, 15) is 0 Å². The summed E-state index contributed by atoms with van der Waals surface area (Å²) in [5.41, 5.74) is 30.6. The molecule has 0 fully saturated rings. The Hall–Kier alpha value is -16.2. The van der Waals surface area contributed by atoms with Crippen LogP contribution in [-0.2, 0) is 16.2 Å². The maximum atomic E-state index is 6.84. The van der Waals surface area contributed by atoms with Crippen LogP contribution in [0, 0.1) is 5.41 Å². The van der Waals surface area contributed by atoms with Crippen LogP contribution in [0.25, 0.3) is 213 Å². The second kappa shape index (κ2) is 31.9. The van der Waals surface area contributed by atoms with E-state index < -0.39 is 0 Å². The zero-order chi connectivity index (χ0) is 89.1. The number of hydrogen-bond donors (Lipinski definition) is 0. The second-order valence-corrected chi connectivity index (χ2v) is 35.9. The van der Waals surface area contributed by atoms with E-state index in [2.05, 4.69) is 259 Å². The van der Waals surface area contributed by atoms with Gasteiger partial charge in [-0.1, -0.05) is 322 Å². The fraction of sp³-hybridized carbons (Fsp3) is 0.127. The van der Waals surface area contributed by atoms with Crippen molar-refractivity contribution in [2.24, 2.45) is 5.41 Å². The second-order valence-electron chi connectivity index (χ2n) is 35.9. The summed E-state index contributed by atoms with van der Waals surface area (Å²) < 4.78 is 20.2. The monoisotopic (exact) mass is 1710 g/mol. The lowest BCUT2D eigenvalue weighted by molar-refractivity contribution is 0.255. The van der Waals surface area contributed by atoms with Crippen LogP contribution in [0.15, 0.2) is 371 Å². The zero-order valence-electron chi connectivity index (χ0n) is 74.3. The van der Waals surface area contributed by atoms with Crippen LogP contribution in [0.1, 0.15) is 108 Å². The molecule has 3 aliphatic carbocycles. The molecule has 2 atom stereocenters. The lowest BCUT2D eigenvalue weighted by Gasteiger charge is -2.40. The average Bonchev–Trinajstić information content (AvgIpc) is 1.56. The van der Waals surface area contributed by atoms with Crippen LogP contribution in [0.5, 0.6) is 0 Å². The normalized spacial score (nSPS) is 14.9. The van der Waals surface area contributed by atoms with E-state index >= 15 is 0 Å². The lowest BCUT2D eigenvalue weighted by atomic mass is 9.62. The van der Waals surface area contributed by atoms with E-state index in [1.54, 1.807) is 12.4 Å². The number of benzene rings is 14. The Morgan fingerprint density at radius 3 is 1.15 bits per heavy atom. The van der Waals surface area contributed by atoms with Gasteiger partial charge in [0.1, 0.15) is 44.9 Å². The van der Waals surface area contributed by atoms with E-state index in [-0.39, 0.29) is 21.7 Å². The summed E-state index contributed by atoms with van der Waals surface area (Å²) in [6, 6.07) is 119. The molecule has 0 radical (unpaired) electrons. The summed E-state index contributed by atoms with van der Waals surface area (Å²) in [6.07, 6.45) is 6.53. The molecule has 0 saturated heterocycles. The molecule has 0 spiro atoms. The molecular formula is C118H89N11O3. The molecule has 8 aromatic heterocycles. The first kappa shape index (κ1) is 80.4. The predicted octanol–water partition coefficient (Wildman–Crippen LogP) is 29.9. The number of rotatable bonds is 13. The summed E-state index contributed by atoms with van der Waals surface area (Å²) in [5.74, 6) is 5.32. The van der Waals surface area contributed by atoms with Gasteiger partial charge in [0.2, 0.25) is 0 Å². The number of aromatic nitrogens is 11. The van der Waals surface area contributed by atoms with Gasteiger partial charge in [0, 0.05) is 111 Å². The van der Waals surface area contributed by atoms with Crippen molar-refractivity contribution in [1.29, 1.82) is 0 Å². The minimum Gasteiger partial charge on any atom is -0.456 e. The van der Waals surface area contributed by atoms with Gasteiger partial charge in [0.05, 0.1) is 0 Å². The van der Waals surface area contributed by atoms with Crippen LogP contribution in [0.2, 0.25) is 0 Å². The Bertz CT molecular complexity index is 8180. The number of furan rings is 3. The topological polar surface area (TPSA) is 181 Å². The maximum Gasteiger partial charge on any atom is 0.182 e. The Labute approximate surface area is 764 Å². The highest BCUT2D eigenvalue weighted by atomic mass is 16.3. The third kappa shape index (κ3) is 13.2. The Balaban J connectivity index is 0.000000113. The summed E-state index contributed by atoms with van der Waals surface area (Å²) >= 11 is 0. The number of pyridine rings is 2. The van der Waals surface area contributed by atoms with Crippen molar-refractivity contribution in [2.45, 2.75) is 90.9 Å². The van der Waals surface area contributed by atoms with Gasteiger partial charge in [-0.2, -0.15) is 0 Å². The summed E-state index contributed by atoms with van der Waals surface area (Å²) in [7, 11) is 0. The smallest absolute Gasteiger partial charge is 0.182 e. The van der Waals surface area contributed by atoms with Crippen molar-refractivity contribution in [3.63, 3.8) is 0 Å². The Kier molecular flexibility index (Phi) is 19.4. The van der Waals surface area contributed by atoms with Crippen molar-refractivity contribution in [2.75, 3.05) is 0 Å². The highest BCUT2D eigenvalue weighted by Gasteiger charge is 2.50. The fourth-order valence-electron chi connectivity index (χ4n) is 20.7. The molecule has 14 nitrogen and oxygen atoms in total. The first-order valence-electron chi connectivity index (χ1n) is 45.4. The molecule has 14 heteroatoms. The highest BCUT2D eigenvalue weighted by Crippen LogP contribution is 2.61. The minimum absolute atomic E-state index is 0.0225. The first-order chi connectivity index (χ1) is 64.6. The van der Waals surface area contributed by atoms with Crippen molar-refractivity contribution in [1.82, 2.24) is 54.8 Å². The van der Waals surface area contributed by atoms with E-state index in [1.807, 2.05) is 152 Å². The molecule has 25 rings (SSSR count). The van der Waals surface area contributed by atoms with Crippen molar-refractivity contribution >= 4 is 65.8 Å². The Morgan fingerprint density at radius 2 is 0.644 bits per heavy atom. The standard InChI is InChI=1S/C43H31N3O.C39H31N3O.C36H27N5O/c1-3-43(2)36-21-13-12-19-31(36)33-24-25-34-32-23-22-29(26-37(32)47-39(34)38(33)43)41-44-40(28-16-8-5-9-17-28)45-42(46-41)35-20-11-10-18-30(35)27-14-6-4-7-15-27;1-38(2,3)39(4)31-18-12-11-17-27(31)29-21-22-30-28-20-19-26(23-32(28)43-34(30)33(29)39)37-41-35(24-13-7-5-8-14-24)40-36(42-37)25-15-9-6-10-16-25;1-3-36(4-2)26-14-6-5-12-22(26)24-20-25-31(21-27(24)36)42-30-17-11-13-23(32(25)30)33-39-34(28-15-7-9-18-37-28)41-35(40-33)29-16-8-10-19-38-29/h4-26H,3H2,1-2H3;5-23H,1-4H3;5-21H,3-4H2,1-2H3. The maximum absolute atomic E-state index is 6.84.